The first-order chi connectivity index (χ1) is 14.5. The SMILES string of the molecule is CC(=O)N1c2ccc(C3=CCOCC3)cc2C(Nc2ccc(C#N)cn2)C(C)C1C. The topological polar surface area (TPSA) is 78.2 Å². The van der Waals surface area contributed by atoms with Gasteiger partial charge in [-0.25, -0.2) is 4.98 Å². The molecule has 0 saturated carbocycles. The fraction of sp³-hybridized carbons (Fsp3) is 0.375. The highest BCUT2D eigenvalue weighted by atomic mass is 16.5. The van der Waals surface area contributed by atoms with Gasteiger partial charge in [0.25, 0.3) is 0 Å². The molecular weight excluding hydrogens is 376 g/mol. The van der Waals surface area contributed by atoms with E-state index < -0.39 is 0 Å². The zero-order chi connectivity index (χ0) is 21.3. The van der Waals surface area contributed by atoms with Crippen molar-refractivity contribution in [2.45, 2.75) is 39.3 Å². The number of nitriles is 1. The Balaban J connectivity index is 1.77. The molecule has 3 atom stereocenters. The minimum atomic E-state index is -0.00794. The van der Waals surface area contributed by atoms with Crippen molar-refractivity contribution in [2.75, 3.05) is 23.4 Å². The van der Waals surface area contributed by atoms with Gasteiger partial charge in [0.1, 0.15) is 11.9 Å². The van der Waals surface area contributed by atoms with Gasteiger partial charge in [-0.15, -0.1) is 0 Å². The molecule has 2 aromatic rings. The molecule has 0 saturated heterocycles. The summed E-state index contributed by atoms with van der Waals surface area (Å²) in [6, 6.07) is 12.1. The van der Waals surface area contributed by atoms with E-state index in [0.29, 0.717) is 12.2 Å². The average molecular weight is 402 g/mol. The number of hydrogen-bond donors (Lipinski definition) is 1. The van der Waals surface area contributed by atoms with Crippen molar-refractivity contribution in [3.63, 3.8) is 0 Å². The van der Waals surface area contributed by atoms with Gasteiger partial charge < -0.3 is 15.0 Å². The molecule has 4 rings (SSSR count). The van der Waals surface area contributed by atoms with Crippen LogP contribution in [0, 0.1) is 17.2 Å². The number of benzene rings is 1. The molecule has 0 aliphatic carbocycles. The predicted octanol–water partition coefficient (Wildman–Crippen LogP) is 4.30. The van der Waals surface area contributed by atoms with Gasteiger partial charge in [-0.3, -0.25) is 4.79 Å². The summed E-state index contributed by atoms with van der Waals surface area (Å²) in [4.78, 5) is 18.8. The van der Waals surface area contributed by atoms with Gasteiger partial charge in [0.05, 0.1) is 24.8 Å². The van der Waals surface area contributed by atoms with E-state index in [4.69, 9.17) is 10.00 Å². The third kappa shape index (κ3) is 3.69. The third-order valence-corrected chi connectivity index (χ3v) is 6.19. The van der Waals surface area contributed by atoms with Gasteiger partial charge in [-0.1, -0.05) is 19.1 Å². The molecule has 2 aliphatic heterocycles. The molecule has 30 heavy (non-hydrogen) atoms. The normalized spacial score (nSPS) is 23.2. The summed E-state index contributed by atoms with van der Waals surface area (Å²) >= 11 is 0. The van der Waals surface area contributed by atoms with Crippen molar-refractivity contribution in [3.8, 4) is 6.07 Å². The van der Waals surface area contributed by atoms with E-state index in [-0.39, 0.29) is 23.9 Å². The van der Waals surface area contributed by atoms with Crippen LogP contribution in [-0.2, 0) is 9.53 Å². The lowest BCUT2D eigenvalue weighted by atomic mass is 9.81. The Morgan fingerprint density at radius 1 is 1.30 bits per heavy atom. The van der Waals surface area contributed by atoms with Crippen LogP contribution in [0.15, 0.2) is 42.6 Å². The third-order valence-electron chi connectivity index (χ3n) is 6.19. The van der Waals surface area contributed by atoms with Crippen LogP contribution in [-0.4, -0.2) is 30.1 Å². The minimum absolute atomic E-state index is 0.00794. The largest absolute Gasteiger partial charge is 0.377 e. The van der Waals surface area contributed by atoms with E-state index >= 15 is 0 Å². The Morgan fingerprint density at radius 2 is 2.13 bits per heavy atom. The number of nitrogens with one attached hydrogen (secondary N) is 1. The Kier molecular flexibility index (Phi) is 5.56. The molecule has 0 spiro atoms. The van der Waals surface area contributed by atoms with Crippen molar-refractivity contribution in [1.29, 1.82) is 5.26 Å². The van der Waals surface area contributed by atoms with E-state index in [9.17, 15) is 4.79 Å². The summed E-state index contributed by atoms with van der Waals surface area (Å²) in [7, 11) is 0. The van der Waals surface area contributed by atoms with Crippen LogP contribution in [0.25, 0.3) is 5.57 Å². The number of hydrogen-bond acceptors (Lipinski definition) is 5. The quantitative estimate of drug-likeness (QED) is 0.828. The molecular formula is C24H26N4O2. The van der Waals surface area contributed by atoms with Crippen LogP contribution in [0.5, 0.6) is 0 Å². The van der Waals surface area contributed by atoms with Crippen molar-refractivity contribution in [1.82, 2.24) is 4.98 Å². The fourth-order valence-corrected chi connectivity index (χ4v) is 4.40. The van der Waals surface area contributed by atoms with Gasteiger partial charge in [0.15, 0.2) is 0 Å². The number of rotatable bonds is 3. The number of amides is 1. The second kappa shape index (κ2) is 8.29. The van der Waals surface area contributed by atoms with Crippen molar-refractivity contribution in [2.24, 2.45) is 5.92 Å². The molecule has 3 unspecified atom stereocenters. The van der Waals surface area contributed by atoms with Gasteiger partial charge in [0.2, 0.25) is 5.91 Å². The summed E-state index contributed by atoms with van der Waals surface area (Å²) < 4.78 is 5.46. The maximum atomic E-state index is 12.5. The number of nitrogens with zero attached hydrogens (tertiary/aromatic N) is 3. The molecule has 1 aromatic carbocycles. The van der Waals surface area contributed by atoms with Crippen LogP contribution in [0.1, 0.15) is 49.9 Å². The first-order valence-electron chi connectivity index (χ1n) is 10.3. The zero-order valence-corrected chi connectivity index (χ0v) is 17.6. The molecule has 6 nitrogen and oxygen atoms in total. The second-order valence-electron chi connectivity index (χ2n) is 7.98. The molecule has 0 fully saturated rings. The Morgan fingerprint density at radius 3 is 2.77 bits per heavy atom. The lowest BCUT2D eigenvalue weighted by Gasteiger charge is -2.44. The first kappa shape index (κ1) is 20.1. The van der Waals surface area contributed by atoms with Gasteiger partial charge in [-0.2, -0.15) is 5.26 Å². The number of carbonyl (C=O) groups excluding carboxylic acids is 1. The predicted molar refractivity (Wildman–Crippen MR) is 117 cm³/mol. The minimum Gasteiger partial charge on any atom is -0.377 e. The van der Waals surface area contributed by atoms with Crippen LogP contribution in [0.3, 0.4) is 0 Å². The zero-order valence-electron chi connectivity index (χ0n) is 17.6. The van der Waals surface area contributed by atoms with E-state index in [2.05, 4.69) is 54.5 Å². The number of ether oxygens (including phenoxy) is 1. The highest BCUT2D eigenvalue weighted by Crippen LogP contribution is 2.43. The molecule has 1 aromatic heterocycles. The molecule has 2 aliphatic rings. The van der Waals surface area contributed by atoms with Crippen molar-refractivity contribution >= 4 is 23.0 Å². The van der Waals surface area contributed by atoms with E-state index in [1.165, 1.54) is 11.1 Å². The van der Waals surface area contributed by atoms with Crippen LogP contribution < -0.4 is 10.2 Å². The molecule has 154 valence electrons. The monoisotopic (exact) mass is 402 g/mol. The van der Waals surface area contributed by atoms with Crippen LogP contribution in [0.2, 0.25) is 0 Å². The van der Waals surface area contributed by atoms with E-state index in [1.54, 1.807) is 19.2 Å². The average Bonchev–Trinajstić information content (AvgIpc) is 2.77. The standard InChI is InChI=1S/C24H26N4O2/c1-15-16(2)28(17(3)29)22-6-5-20(19-8-10-30-11-9-19)12-21(22)24(15)27-23-7-4-18(13-25)14-26-23/h4-8,12,14-16,24H,9-11H2,1-3H3,(H,26,27). The summed E-state index contributed by atoms with van der Waals surface area (Å²) in [6.45, 7) is 7.23. The summed E-state index contributed by atoms with van der Waals surface area (Å²) in [5, 5.41) is 12.6. The Bertz CT molecular complexity index is 1020. The van der Waals surface area contributed by atoms with Crippen LogP contribution in [0.4, 0.5) is 11.5 Å². The maximum absolute atomic E-state index is 12.5. The van der Waals surface area contributed by atoms with E-state index in [0.717, 1.165) is 30.1 Å². The first-order valence-corrected chi connectivity index (χ1v) is 10.3. The highest BCUT2D eigenvalue weighted by Gasteiger charge is 2.38. The fourth-order valence-electron chi connectivity index (χ4n) is 4.40. The molecule has 3 heterocycles. The van der Waals surface area contributed by atoms with Gasteiger partial charge in [0, 0.05) is 30.8 Å². The maximum Gasteiger partial charge on any atom is 0.224 e. The number of pyridine rings is 1. The van der Waals surface area contributed by atoms with Gasteiger partial charge >= 0.3 is 0 Å². The Hall–Kier alpha value is -3.17. The number of fused-ring (bicyclic) bond motifs is 1. The number of anilines is 2. The summed E-state index contributed by atoms with van der Waals surface area (Å²) in [5.41, 5.74) is 5.01. The lowest BCUT2D eigenvalue weighted by molar-refractivity contribution is -0.117. The Labute approximate surface area is 177 Å². The van der Waals surface area contributed by atoms with Crippen LogP contribution >= 0.6 is 0 Å². The van der Waals surface area contributed by atoms with Gasteiger partial charge in [-0.05, 0) is 54.3 Å². The summed E-state index contributed by atoms with van der Waals surface area (Å²) in [5.74, 6) is 0.928. The smallest absolute Gasteiger partial charge is 0.224 e. The molecule has 0 radical (unpaired) electrons. The highest BCUT2D eigenvalue weighted by molar-refractivity contribution is 5.94. The lowest BCUT2D eigenvalue weighted by Crippen LogP contribution is -2.48. The molecule has 1 N–H and O–H groups in total. The second-order valence-corrected chi connectivity index (χ2v) is 7.98. The molecule has 1 amide bonds. The number of carbonyl (C=O) groups is 1. The van der Waals surface area contributed by atoms with Crippen molar-refractivity contribution < 1.29 is 9.53 Å². The summed E-state index contributed by atoms with van der Waals surface area (Å²) in [6.07, 6.45) is 4.59. The molecule has 0 bridgehead atoms. The molecule has 6 heteroatoms. The van der Waals surface area contributed by atoms with Crippen molar-refractivity contribution in [3.05, 3.63) is 59.3 Å². The number of aromatic nitrogens is 1. The van der Waals surface area contributed by atoms with E-state index in [1.807, 2.05) is 11.0 Å².